The Morgan fingerprint density at radius 2 is 2.10 bits per heavy atom. The molecule has 0 fully saturated rings. The van der Waals surface area contributed by atoms with Crippen molar-refractivity contribution >= 4 is 23.0 Å². The fourth-order valence-corrected chi connectivity index (χ4v) is 1.93. The van der Waals surface area contributed by atoms with Crippen LogP contribution in [0.15, 0.2) is 41.5 Å². The van der Waals surface area contributed by atoms with Gasteiger partial charge in [0.25, 0.3) is 0 Å². The third-order valence-electron chi connectivity index (χ3n) is 2.84. The Labute approximate surface area is 122 Å². The molecular weight excluding hydrogens is 270 g/mol. The first-order valence-corrected chi connectivity index (χ1v) is 6.44. The largest absolute Gasteiger partial charge is 0.490 e. The predicted octanol–water partition coefficient (Wildman–Crippen LogP) is 1.87. The summed E-state index contributed by atoms with van der Waals surface area (Å²) in [5.41, 5.74) is 7.95. The average Bonchev–Trinajstić information content (AvgIpc) is 2.48. The van der Waals surface area contributed by atoms with Gasteiger partial charge in [-0.3, -0.25) is 0 Å². The second kappa shape index (κ2) is 7.25. The molecule has 0 aromatic heterocycles. The minimum Gasteiger partial charge on any atom is -0.490 e. The van der Waals surface area contributed by atoms with E-state index in [1.165, 1.54) is 6.21 Å². The maximum absolute atomic E-state index is 10.7. The number of ether oxygens (including phenoxy) is 2. The van der Waals surface area contributed by atoms with Gasteiger partial charge in [-0.15, -0.1) is 0 Å². The average molecular weight is 287 g/mol. The second-order valence-corrected chi connectivity index (χ2v) is 4.27. The Balaban J connectivity index is 2.36. The van der Waals surface area contributed by atoms with Crippen LogP contribution in [-0.2, 0) is 4.74 Å². The van der Waals surface area contributed by atoms with E-state index in [2.05, 4.69) is 10.5 Å². The Bertz CT molecular complexity index is 656. The summed E-state index contributed by atoms with van der Waals surface area (Å²) in [4.78, 5) is 10.7. The summed E-state index contributed by atoms with van der Waals surface area (Å²) in [6.07, 6.45) is 1.52. The van der Waals surface area contributed by atoms with E-state index in [0.29, 0.717) is 19.0 Å². The van der Waals surface area contributed by atoms with Gasteiger partial charge in [0, 0.05) is 12.7 Å². The predicted molar refractivity (Wildman–Crippen MR) is 81.6 cm³/mol. The number of amides is 2. The standard InChI is InChI=1S/C15H17N3O3/c1-20-8-9-21-14-7-6-11-4-2-3-5-12(11)13(14)10-17-18-15(16)19/h2-7,10H,8-9H2,1H3,(H3,16,18,19). The lowest BCUT2D eigenvalue weighted by atomic mass is 10.0. The molecular formula is C15H17N3O3. The highest BCUT2D eigenvalue weighted by Crippen LogP contribution is 2.26. The maximum atomic E-state index is 10.7. The van der Waals surface area contributed by atoms with Gasteiger partial charge >= 0.3 is 6.03 Å². The highest BCUT2D eigenvalue weighted by atomic mass is 16.5. The summed E-state index contributed by atoms with van der Waals surface area (Å²) >= 11 is 0. The van der Waals surface area contributed by atoms with Crippen LogP contribution in [0.1, 0.15) is 5.56 Å². The van der Waals surface area contributed by atoms with Crippen LogP contribution in [0.5, 0.6) is 5.75 Å². The highest BCUT2D eigenvalue weighted by Gasteiger charge is 2.07. The van der Waals surface area contributed by atoms with Crippen molar-refractivity contribution in [2.75, 3.05) is 20.3 Å². The van der Waals surface area contributed by atoms with Crippen LogP contribution < -0.4 is 15.9 Å². The molecule has 110 valence electrons. The number of hydrogen-bond acceptors (Lipinski definition) is 4. The minimum atomic E-state index is -0.715. The molecule has 0 atom stereocenters. The van der Waals surface area contributed by atoms with E-state index in [1.54, 1.807) is 7.11 Å². The van der Waals surface area contributed by atoms with Crippen molar-refractivity contribution < 1.29 is 14.3 Å². The van der Waals surface area contributed by atoms with Crippen molar-refractivity contribution in [1.29, 1.82) is 0 Å². The molecule has 2 amide bonds. The van der Waals surface area contributed by atoms with Crippen molar-refractivity contribution in [2.45, 2.75) is 0 Å². The molecule has 0 aliphatic rings. The molecule has 0 spiro atoms. The third kappa shape index (κ3) is 3.93. The molecule has 0 saturated heterocycles. The summed E-state index contributed by atoms with van der Waals surface area (Å²) in [7, 11) is 1.61. The molecule has 21 heavy (non-hydrogen) atoms. The second-order valence-electron chi connectivity index (χ2n) is 4.27. The Morgan fingerprint density at radius 3 is 2.86 bits per heavy atom. The summed E-state index contributed by atoms with van der Waals surface area (Å²) in [6.45, 7) is 0.919. The lowest BCUT2D eigenvalue weighted by molar-refractivity contribution is 0.146. The first-order valence-electron chi connectivity index (χ1n) is 6.44. The van der Waals surface area contributed by atoms with Crippen molar-refractivity contribution in [3.05, 3.63) is 42.0 Å². The number of rotatable bonds is 6. The number of urea groups is 1. The normalized spacial score (nSPS) is 10.9. The van der Waals surface area contributed by atoms with Crippen molar-refractivity contribution in [2.24, 2.45) is 10.8 Å². The number of hydrogen-bond donors (Lipinski definition) is 2. The van der Waals surface area contributed by atoms with Crippen LogP contribution >= 0.6 is 0 Å². The number of hydrazone groups is 1. The summed E-state index contributed by atoms with van der Waals surface area (Å²) in [6, 6.07) is 11.0. The number of carbonyl (C=O) groups is 1. The molecule has 0 bridgehead atoms. The fourth-order valence-electron chi connectivity index (χ4n) is 1.93. The number of primary amides is 1. The molecule has 0 heterocycles. The smallest absolute Gasteiger partial charge is 0.332 e. The van der Waals surface area contributed by atoms with E-state index in [-0.39, 0.29) is 0 Å². The van der Waals surface area contributed by atoms with Gasteiger partial charge in [-0.2, -0.15) is 5.10 Å². The number of nitrogens with zero attached hydrogens (tertiary/aromatic N) is 1. The zero-order chi connectivity index (χ0) is 15.1. The summed E-state index contributed by atoms with van der Waals surface area (Å²) < 4.78 is 10.7. The van der Waals surface area contributed by atoms with Gasteiger partial charge in [0.1, 0.15) is 12.4 Å². The minimum absolute atomic E-state index is 0.429. The van der Waals surface area contributed by atoms with E-state index < -0.39 is 6.03 Å². The lowest BCUT2D eigenvalue weighted by Gasteiger charge is -2.11. The Hall–Kier alpha value is -2.60. The Morgan fingerprint density at radius 1 is 1.29 bits per heavy atom. The number of carbonyl (C=O) groups excluding carboxylic acids is 1. The first kappa shape index (κ1) is 14.8. The van der Waals surface area contributed by atoms with Crippen molar-refractivity contribution in [3.63, 3.8) is 0 Å². The quantitative estimate of drug-likeness (QED) is 0.483. The number of fused-ring (bicyclic) bond motifs is 1. The highest BCUT2D eigenvalue weighted by molar-refractivity contribution is 6.02. The maximum Gasteiger partial charge on any atom is 0.332 e. The monoisotopic (exact) mass is 287 g/mol. The number of nitrogens with one attached hydrogen (secondary N) is 1. The fraction of sp³-hybridized carbons (Fsp3) is 0.200. The van der Waals surface area contributed by atoms with E-state index in [1.807, 2.05) is 36.4 Å². The molecule has 6 nitrogen and oxygen atoms in total. The zero-order valence-electron chi connectivity index (χ0n) is 11.7. The number of benzene rings is 2. The zero-order valence-corrected chi connectivity index (χ0v) is 11.7. The molecule has 0 radical (unpaired) electrons. The van der Waals surface area contributed by atoms with Crippen LogP contribution in [0.2, 0.25) is 0 Å². The van der Waals surface area contributed by atoms with Gasteiger partial charge < -0.3 is 15.2 Å². The molecule has 3 N–H and O–H groups in total. The third-order valence-corrected chi connectivity index (χ3v) is 2.84. The van der Waals surface area contributed by atoms with Crippen LogP contribution in [0, 0.1) is 0 Å². The van der Waals surface area contributed by atoms with E-state index in [0.717, 1.165) is 16.3 Å². The Kier molecular flexibility index (Phi) is 5.11. The van der Waals surface area contributed by atoms with E-state index >= 15 is 0 Å². The number of methoxy groups -OCH3 is 1. The molecule has 0 unspecified atom stereocenters. The molecule has 2 aromatic carbocycles. The van der Waals surface area contributed by atoms with Crippen molar-refractivity contribution in [1.82, 2.24) is 5.43 Å². The first-order chi connectivity index (χ1) is 10.2. The van der Waals surface area contributed by atoms with Gasteiger partial charge in [-0.1, -0.05) is 30.3 Å². The van der Waals surface area contributed by atoms with E-state index in [4.69, 9.17) is 15.2 Å². The SMILES string of the molecule is COCCOc1ccc2ccccc2c1C=NNC(N)=O. The van der Waals surface area contributed by atoms with Crippen LogP contribution in [-0.4, -0.2) is 32.6 Å². The molecule has 0 saturated carbocycles. The molecule has 0 aliphatic heterocycles. The molecule has 0 aliphatic carbocycles. The van der Waals surface area contributed by atoms with Crippen molar-refractivity contribution in [3.8, 4) is 5.75 Å². The molecule has 2 rings (SSSR count). The van der Waals surface area contributed by atoms with Gasteiger partial charge in [-0.05, 0) is 16.8 Å². The van der Waals surface area contributed by atoms with E-state index in [9.17, 15) is 4.79 Å². The van der Waals surface area contributed by atoms with Gasteiger partial charge in [0.2, 0.25) is 0 Å². The lowest BCUT2D eigenvalue weighted by Crippen LogP contribution is -2.24. The van der Waals surface area contributed by atoms with Crippen LogP contribution in [0.4, 0.5) is 4.79 Å². The van der Waals surface area contributed by atoms with Gasteiger partial charge in [-0.25, -0.2) is 10.2 Å². The van der Waals surface area contributed by atoms with Crippen LogP contribution in [0.3, 0.4) is 0 Å². The number of nitrogens with two attached hydrogens (primary N) is 1. The summed E-state index contributed by atoms with van der Waals surface area (Å²) in [5.74, 6) is 0.667. The van der Waals surface area contributed by atoms with Crippen LogP contribution in [0.25, 0.3) is 10.8 Å². The molecule has 2 aromatic rings. The van der Waals surface area contributed by atoms with Gasteiger partial charge in [0.05, 0.1) is 12.8 Å². The summed E-state index contributed by atoms with van der Waals surface area (Å²) in [5, 5.41) is 5.85. The molecule has 6 heteroatoms. The van der Waals surface area contributed by atoms with Gasteiger partial charge in [0.15, 0.2) is 0 Å². The topological polar surface area (TPSA) is 85.9 Å².